The highest BCUT2D eigenvalue weighted by Crippen LogP contribution is 2.27. The molecule has 0 saturated heterocycles. The van der Waals surface area contributed by atoms with Gasteiger partial charge < -0.3 is 5.21 Å². The van der Waals surface area contributed by atoms with Gasteiger partial charge in [-0.3, -0.25) is 4.99 Å². The molecule has 2 atom stereocenters. The maximum atomic E-state index is 8.91. The number of oxime groups is 1. The van der Waals surface area contributed by atoms with E-state index in [-0.39, 0.29) is 6.04 Å². The van der Waals surface area contributed by atoms with Gasteiger partial charge in [-0.15, -0.1) is 9.24 Å². The second-order valence-electron chi connectivity index (χ2n) is 4.33. The van der Waals surface area contributed by atoms with Gasteiger partial charge in [-0.25, -0.2) is 0 Å². The monoisotopic (exact) mass is 260 g/mol. The summed E-state index contributed by atoms with van der Waals surface area (Å²) in [6.07, 6.45) is 4.56. The van der Waals surface area contributed by atoms with Gasteiger partial charge in [0.25, 0.3) is 0 Å². The summed E-state index contributed by atoms with van der Waals surface area (Å²) >= 11 is 0. The van der Waals surface area contributed by atoms with Crippen LogP contribution >= 0.6 is 9.24 Å². The molecule has 4 heteroatoms. The summed E-state index contributed by atoms with van der Waals surface area (Å²) in [6, 6.07) is 6.21. The van der Waals surface area contributed by atoms with E-state index in [2.05, 4.69) is 44.5 Å². The van der Waals surface area contributed by atoms with Crippen LogP contribution in [0.15, 0.2) is 40.0 Å². The molecule has 3 nitrogen and oxygen atoms in total. The van der Waals surface area contributed by atoms with Crippen LogP contribution < -0.4 is 5.30 Å². The molecule has 0 fully saturated rings. The van der Waals surface area contributed by atoms with Crippen LogP contribution in [-0.2, 0) is 0 Å². The Kier molecular flexibility index (Phi) is 3.93. The molecule has 0 aliphatic carbocycles. The lowest BCUT2D eigenvalue weighted by Gasteiger charge is -2.19. The summed E-state index contributed by atoms with van der Waals surface area (Å²) in [6.45, 7) is 4.14. The van der Waals surface area contributed by atoms with Gasteiger partial charge in [-0.2, -0.15) is 0 Å². The fourth-order valence-corrected chi connectivity index (χ4v) is 2.72. The van der Waals surface area contributed by atoms with Crippen molar-refractivity contribution < 1.29 is 5.21 Å². The van der Waals surface area contributed by atoms with Gasteiger partial charge in [-0.05, 0) is 35.3 Å². The minimum atomic E-state index is 0.0131. The van der Waals surface area contributed by atoms with Gasteiger partial charge >= 0.3 is 0 Å². The molecule has 0 amide bonds. The largest absolute Gasteiger partial charge is 0.410 e. The second-order valence-corrected chi connectivity index (χ2v) is 4.95. The first-order chi connectivity index (χ1) is 8.67. The first kappa shape index (κ1) is 13.0. The molecule has 1 aromatic carbocycles. The van der Waals surface area contributed by atoms with Crippen molar-refractivity contribution in [3.05, 3.63) is 41.0 Å². The lowest BCUT2D eigenvalue weighted by molar-refractivity contribution is 0.320. The lowest BCUT2D eigenvalue weighted by atomic mass is 9.95. The Morgan fingerprint density at radius 1 is 1.44 bits per heavy atom. The van der Waals surface area contributed by atoms with Crippen molar-refractivity contribution in [1.82, 2.24) is 0 Å². The summed E-state index contributed by atoms with van der Waals surface area (Å²) in [5, 5.41) is 13.3. The van der Waals surface area contributed by atoms with Crippen molar-refractivity contribution in [2.75, 3.05) is 0 Å². The van der Waals surface area contributed by atoms with Crippen LogP contribution in [0.3, 0.4) is 0 Å². The molecule has 1 aromatic rings. The van der Waals surface area contributed by atoms with Crippen LogP contribution in [0, 0.1) is 6.92 Å². The van der Waals surface area contributed by atoms with Gasteiger partial charge in [0.2, 0.25) is 0 Å². The number of aryl methyl sites for hydroxylation is 1. The van der Waals surface area contributed by atoms with Crippen molar-refractivity contribution >= 4 is 26.5 Å². The molecule has 1 heterocycles. The lowest BCUT2D eigenvalue weighted by Crippen LogP contribution is -2.16. The number of nitrogens with zero attached hydrogens (tertiary/aromatic N) is 2. The maximum Gasteiger partial charge on any atom is 0.123 e. The average Bonchev–Trinajstić information content (AvgIpc) is 2.38. The fraction of sp³-hybridized carbons (Fsp3) is 0.286. The Hall–Kier alpha value is -1.47. The van der Waals surface area contributed by atoms with Crippen LogP contribution in [0.5, 0.6) is 0 Å². The Morgan fingerprint density at radius 3 is 2.83 bits per heavy atom. The molecular weight excluding hydrogens is 243 g/mol. The van der Waals surface area contributed by atoms with E-state index >= 15 is 0 Å². The SMILES string of the molecule is CCC1=CC(c2c(C)cccc2P)N=CC1=NO. The van der Waals surface area contributed by atoms with Gasteiger partial charge in [0.05, 0.1) is 12.3 Å². The van der Waals surface area contributed by atoms with Crippen LogP contribution in [0.2, 0.25) is 0 Å². The first-order valence-electron chi connectivity index (χ1n) is 5.98. The maximum absolute atomic E-state index is 8.91. The number of hydrogen-bond acceptors (Lipinski definition) is 3. The van der Waals surface area contributed by atoms with Crippen molar-refractivity contribution in [3.63, 3.8) is 0 Å². The zero-order chi connectivity index (χ0) is 13.1. The number of benzene rings is 1. The van der Waals surface area contributed by atoms with E-state index in [4.69, 9.17) is 5.21 Å². The standard InChI is InChI=1S/C14H17N2OP/c1-3-10-7-11(15-8-12(10)16-17)14-9(2)5-4-6-13(14)18/h4-8,11,17H,3,18H2,1-2H3. The van der Waals surface area contributed by atoms with E-state index in [0.29, 0.717) is 5.71 Å². The third-order valence-electron chi connectivity index (χ3n) is 3.19. The van der Waals surface area contributed by atoms with Gasteiger partial charge in [0, 0.05) is 0 Å². The normalized spacial score (nSPS) is 21.2. The van der Waals surface area contributed by atoms with Crippen molar-refractivity contribution in [1.29, 1.82) is 0 Å². The first-order valence-corrected chi connectivity index (χ1v) is 6.56. The summed E-state index contributed by atoms with van der Waals surface area (Å²) < 4.78 is 0. The molecule has 18 heavy (non-hydrogen) atoms. The molecule has 1 N–H and O–H groups in total. The number of hydrogen-bond donors (Lipinski definition) is 1. The van der Waals surface area contributed by atoms with Crippen LogP contribution in [0.4, 0.5) is 0 Å². The quantitative estimate of drug-likeness (QED) is 0.496. The molecule has 1 aliphatic rings. The van der Waals surface area contributed by atoms with Gasteiger partial charge in [-0.1, -0.05) is 36.4 Å². The Morgan fingerprint density at radius 2 is 2.22 bits per heavy atom. The van der Waals surface area contributed by atoms with Crippen LogP contribution in [0.25, 0.3) is 0 Å². The molecule has 0 saturated carbocycles. The summed E-state index contributed by atoms with van der Waals surface area (Å²) in [5.41, 5.74) is 4.03. The van der Waals surface area contributed by atoms with Crippen molar-refractivity contribution in [3.8, 4) is 0 Å². The molecule has 0 radical (unpaired) electrons. The predicted molar refractivity (Wildman–Crippen MR) is 79.4 cm³/mol. The van der Waals surface area contributed by atoms with E-state index in [1.807, 2.05) is 13.0 Å². The van der Waals surface area contributed by atoms with E-state index in [0.717, 1.165) is 17.3 Å². The summed E-state index contributed by atoms with van der Waals surface area (Å²) in [4.78, 5) is 4.47. The highest BCUT2D eigenvalue weighted by Gasteiger charge is 2.18. The second kappa shape index (κ2) is 5.45. The van der Waals surface area contributed by atoms with E-state index in [9.17, 15) is 0 Å². The van der Waals surface area contributed by atoms with Gasteiger partial charge in [0.15, 0.2) is 0 Å². The Bertz CT molecular complexity index is 526. The van der Waals surface area contributed by atoms with E-state index in [1.165, 1.54) is 11.1 Å². The topological polar surface area (TPSA) is 45.0 Å². The molecule has 94 valence electrons. The number of aliphatic imine (C=N–C) groups is 1. The minimum absolute atomic E-state index is 0.0131. The fourth-order valence-electron chi connectivity index (χ4n) is 2.21. The van der Waals surface area contributed by atoms with E-state index < -0.39 is 0 Å². The molecule has 2 unspecified atom stereocenters. The smallest absolute Gasteiger partial charge is 0.123 e. The number of allylic oxidation sites excluding steroid dienone is 1. The average molecular weight is 260 g/mol. The zero-order valence-corrected chi connectivity index (χ0v) is 11.7. The Labute approximate surface area is 110 Å². The molecule has 0 spiro atoms. The molecular formula is C14H17N2OP. The van der Waals surface area contributed by atoms with Crippen molar-refractivity contribution in [2.45, 2.75) is 26.3 Å². The third kappa shape index (κ3) is 2.37. The number of dihydropyridines is 1. The van der Waals surface area contributed by atoms with E-state index in [1.54, 1.807) is 6.21 Å². The Balaban J connectivity index is 2.45. The van der Waals surface area contributed by atoms with Crippen LogP contribution in [-0.4, -0.2) is 17.1 Å². The highest BCUT2D eigenvalue weighted by atomic mass is 31.0. The minimum Gasteiger partial charge on any atom is -0.410 e. The summed E-state index contributed by atoms with van der Waals surface area (Å²) in [5.74, 6) is 0. The van der Waals surface area contributed by atoms with Crippen molar-refractivity contribution in [2.24, 2.45) is 10.1 Å². The zero-order valence-electron chi connectivity index (χ0n) is 10.6. The molecule has 2 rings (SSSR count). The highest BCUT2D eigenvalue weighted by molar-refractivity contribution is 7.27. The summed E-state index contributed by atoms with van der Waals surface area (Å²) in [7, 11) is 2.76. The van der Waals surface area contributed by atoms with Gasteiger partial charge in [0.1, 0.15) is 5.71 Å². The third-order valence-corrected chi connectivity index (χ3v) is 3.69. The number of rotatable bonds is 2. The molecule has 1 aliphatic heterocycles. The predicted octanol–water partition coefficient (Wildman–Crippen LogP) is 2.79. The molecule has 0 bridgehead atoms. The van der Waals surface area contributed by atoms with Crippen LogP contribution in [0.1, 0.15) is 30.5 Å². The molecule has 0 aromatic heterocycles.